The Balaban J connectivity index is 1.82. The van der Waals surface area contributed by atoms with E-state index in [2.05, 4.69) is 6.07 Å². The van der Waals surface area contributed by atoms with Gasteiger partial charge in [-0.25, -0.2) is 4.39 Å². The van der Waals surface area contributed by atoms with Crippen LogP contribution in [0.4, 0.5) is 4.39 Å². The molecule has 0 radical (unpaired) electrons. The highest BCUT2D eigenvalue weighted by Crippen LogP contribution is 2.46. The molecular formula is C15H15FN2O. The molecule has 1 saturated carbocycles. The van der Waals surface area contributed by atoms with Gasteiger partial charge in [-0.05, 0) is 31.7 Å². The fourth-order valence-corrected chi connectivity index (χ4v) is 2.88. The molecule has 2 aliphatic rings. The molecule has 98 valence electrons. The summed E-state index contributed by atoms with van der Waals surface area (Å²) in [5.41, 5.74) is -0.265. The van der Waals surface area contributed by atoms with Crippen LogP contribution in [0.1, 0.15) is 37.3 Å². The highest BCUT2D eigenvalue weighted by Gasteiger charge is 2.50. The summed E-state index contributed by atoms with van der Waals surface area (Å²) in [5.74, 6) is -0.384. The molecule has 19 heavy (non-hydrogen) atoms. The third-order valence-electron chi connectivity index (χ3n) is 4.38. The van der Waals surface area contributed by atoms with Gasteiger partial charge in [0.05, 0.1) is 12.1 Å². The molecule has 0 bridgehead atoms. The van der Waals surface area contributed by atoms with E-state index in [1.165, 1.54) is 6.07 Å². The summed E-state index contributed by atoms with van der Waals surface area (Å²) in [6, 6.07) is 8.53. The van der Waals surface area contributed by atoms with Crippen LogP contribution in [-0.2, 0) is 4.79 Å². The smallest absolute Gasteiger partial charge is 0.243 e. The Morgan fingerprint density at radius 2 is 2.16 bits per heavy atom. The van der Waals surface area contributed by atoms with Gasteiger partial charge < -0.3 is 4.90 Å². The van der Waals surface area contributed by atoms with Crippen molar-refractivity contribution in [2.24, 2.45) is 5.41 Å². The number of nitrogens with zero attached hydrogens (tertiary/aromatic N) is 2. The summed E-state index contributed by atoms with van der Waals surface area (Å²) in [6.45, 7) is 0.626. The van der Waals surface area contributed by atoms with Gasteiger partial charge in [0, 0.05) is 12.1 Å². The summed E-state index contributed by atoms with van der Waals surface area (Å²) >= 11 is 0. The van der Waals surface area contributed by atoms with Gasteiger partial charge in [-0.15, -0.1) is 0 Å². The Labute approximate surface area is 111 Å². The molecule has 3 nitrogen and oxygen atoms in total. The molecule has 0 aromatic heterocycles. The third-order valence-corrected chi connectivity index (χ3v) is 4.38. The lowest BCUT2D eigenvalue weighted by Gasteiger charge is -2.47. The second-order valence-electron chi connectivity index (χ2n) is 5.37. The molecule has 1 saturated heterocycles. The summed E-state index contributed by atoms with van der Waals surface area (Å²) in [4.78, 5) is 14.1. The largest absolute Gasteiger partial charge is 0.334 e. The molecule has 1 aromatic rings. The van der Waals surface area contributed by atoms with Gasteiger partial charge in [-0.1, -0.05) is 18.2 Å². The van der Waals surface area contributed by atoms with Crippen LogP contribution in [0.5, 0.6) is 0 Å². The van der Waals surface area contributed by atoms with Crippen molar-refractivity contribution in [3.8, 4) is 6.07 Å². The molecule has 1 atom stereocenters. The lowest BCUT2D eigenvalue weighted by Crippen LogP contribution is -2.54. The predicted octanol–water partition coefficient (Wildman–Crippen LogP) is 2.79. The molecule has 1 aromatic carbocycles. The van der Waals surface area contributed by atoms with Crippen LogP contribution >= 0.6 is 0 Å². The van der Waals surface area contributed by atoms with Crippen LogP contribution in [0, 0.1) is 22.6 Å². The maximum absolute atomic E-state index is 13.8. The number of carbonyl (C=O) groups is 1. The maximum atomic E-state index is 13.8. The van der Waals surface area contributed by atoms with Crippen LogP contribution in [0.3, 0.4) is 0 Å². The minimum absolute atomic E-state index is 0.110. The zero-order chi connectivity index (χ0) is 13.5. The van der Waals surface area contributed by atoms with Gasteiger partial charge >= 0.3 is 0 Å². The molecule has 4 heteroatoms. The molecular weight excluding hydrogens is 243 g/mol. The fourth-order valence-electron chi connectivity index (χ4n) is 2.88. The highest BCUT2D eigenvalue weighted by molar-refractivity contribution is 5.87. The van der Waals surface area contributed by atoms with Crippen molar-refractivity contribution >= 4 is 5.91 Å². The number of hydrogen-bond donors (Lipinski definition) is 0. The number of rotatable bonds is 2. The van der Waals surface area contributed by atoms with E-state index < -0.39 is 5.41 Å². The first kappa shape index (κ1) is 12.2. The van der Waals surface area contributed by atoms with Crippen molar-refractivity contribution in [3.63, 3.8) is 0 Å². The Bertz CT molecular complexity index is 560. The summed E-state index contributed by atoms with van der Waals surface area (Å²) in [6.07, 6.45) is 2.98. The van der Waals surface area contributed by atoms with Gasteiger partial charge in [0.1, 0.15) is 11.2 Å². The fraction of sp³-hybridized carbons (Fsp3) is 0.467. The Hall–Kier alpha value is -1.89. The third kappa shape index (κ3) is 1.73. The van der Waals surface area contributed by atoms with Crippen molar-refractivity contribution in [2.45, 2.75) is 31.7 Å². The van der Waals surface area contributed by atoms with Crippen LogP contribution in [0.15, 0.2) is 24.3 Å². The van der Waals surface area contributed by atoms with Crippen molar-refractivity contribution < 1.29 is 9.18 Å². The summed E-state index contributed by atoms with van der Waals surface area (Å²) < 4.78 is 13.8. The standard InChI is InChI=1S/C15H15FN2O/c16-12-5-2-1-4-11(12)13-6-9-18(13)14(19)15(10-17)7-3-8-15/h1-2,4-5,13H,3,6-9H2. The minimum atomic E-state index is -0.829. The lowest BCUT2D eigenvalue weighted by molar-refractivity contribution is -0.151. The van der Waals surface area contributed by atoms with E-state index in [-0.39, 0.29) is 17.8 Å². The van der Waals surface area contributed by atoms with Gasteiger partial charge in [-0.3, -0.25) is 4.79 Å². The topological polar surface area (TPSA) is 44.1 Å². The quantitative estimate of drug-likeness (QED) is 0.818. The Kier molecular flexibility index (Phi) is 2.78. The average Bonchev–Trinajstić information content (AvgIpc) is 2.30. The maximum Gasteiger partial charge on any atom is 0.243 e. The van der Waals surface area contributed by atoms with E-state index in [0.29, 0.717) is 24.9 Å². The summed E-state index contributed by atoms with van der Waals surface area (Å²) in [5, 5.41) is 9.22. The van der Waals surface area contributed by atoms with Crippen molar-refractivity contribution in [2.75, 3.05) is 6.54 Å². The second kappa shape index (κ2) is 4.34. The molecule has 1 unspecified atom stereocenters. The van der Waals surface area contributed by atoms with Crippen LogP contribution < -0.4 is 0 Å². The first-order valence-corrected chi connectivity index (χ1v) is 6.65. The zero-order valence-corrected chi connectivity index (χ0v) is 10.6. The second-order valence-corrected chi connectivity index (χ2v) is 5.37. The molecule has 1 aliphatic heterocycles. The molecule has 1 aliphatic carbocycles. The molecule has 3 rings (SSSR count). The van der Waals surface area contributed by atoms with Gasteiger partial charge in [-0.2, -0.15) is 5.26 Å². The zero-order valence-electron chi connectivity index (χ0n) is 10.6. The number of halogens is 1. The van der Waals surface area contributed by atoms with Crippen molar-refractivity contribution in [1.82, 2.24) is 4.90 Å². The van der Waals surface area contributed by atoms with Gasteiger partial charge in [0.15, 0.2) is 0 Å². The van der Waals surface area contributed by atoms with Crippen molar-refractivity contribution in [3.05, 3.63) is 35.6 Å². The van der Waals surface area contributed by atoms with Crippen molar-refractivity contribution in [1.29, 1.82) is 5.26 Å². The molecule has 0 N–H and O–H groups in total. The molecule has 2 fully saturated rings. The molecule has 1 amide bonds. The number of benzene rings is 1. The normalized spacial score (nSPS) is 24.0. The van der Waals surface area contributed by atoms with Crippen LogP contribution in [0.25, 0.3) is 0 Å². The minimum Gasteiger partial charge on any atom is -0.334 e. The van der Waals surface area contributed by atoms with E-state index in [1.807, 2.05) is 0 Å². The van der Waals surface area contributed by atoms with E-state index in [1.54, 1.807) is 23.1 Å². The molecule has 0 spiro atoms. The first-order valence-electron chi connectivity index (χ1n) is 6.65. The first-order chi connectivity index (χ1) is 9.18. The van der Waals surface area contributed by atoms with E-state index in [0.717, 1.165) is 12.8 Å². The predicted molar refractivity (Wildman–Crippen MR) is 67.4 cm³/mol. The highest BCUT2D eigenvalue weighted by atomic mass is 19.1. The van der Waals surface area contributed by atoms with E-state index in [4.69, 9.17) is 0 Å². The van der Waals surface area contributed by atoms with E-state index >= 15 is 0 Å². The number of nitriles is 1. The van der Waals surface area contributed by atoms with Gasteiger partial charge in [0.25, 0.3) is 0 Å². The van der Waals surface area contributed by atoms with Gasteiger partial charge in [0.2, 0.25) is 5.91 Å². The van der Waals surface area contributed by atoms with Crippen LogP contribution in [-0.4, -0.2) is 17.4 Å². The SMILES string of the molecule is N#CC1(C(=O)N2CCC2c2ccccc2F)CCC1. The number of likely N-dealkylation sites (tertiary alicyclic amines) is 1. The Morgan fingerprint density at radius 3 is 2.63 bits per heavy atom. The monoisotopic (exact) mass is 258 g/mol. The lowest BCUT2D eigenvalue weighted by atomic mass is 9.68. The molecule has 1 heterocycles. The van der Waals surface area contributed by atoms with E-state index in [9.17, 15) is 14.4 Å². The average molecular weight is 258 g/mol. The summed E-state index contributed by atoms with van der Waals surface area (Å²) in [7, 11) is 0. The number of amides is 1. The Morgan fingerprint density at radius 1 is 1.42 bits per heavy atom. The number of carbonyl (C=O) groups excluding carboxylic acids is 1. The van der Waals surface area contributed by atoms with Crippen LogP contribution in [0.2, 0.25) is 0 Å². The number of hydrogen-bond acceptors (Lipinski definition) is 2.